The molecule has 1 nitrogen and oxygen atoms in total. The van der Waals surface area contributed by atoms with Gasteiger partial charge in [-0.2, -0.15) is 0 Å². The highest BCUT2D eigenvalue weighted by Crippen LogP contribution is 2.20. The van der Waals surface area contributed by atoms with E-state index in [1.54, 1.807) is 0 Å². The van der Waals surface area contributed by atoms with Crippen LogP contribution in [-0.2, 0) is 0 Å². The Morgan fingerprint density at radius 3 is 1.70 bits per heavy atom. The lowest BCUT2D eigenvalue weighted by Gasteiger charge is -2.31. The standard InChI is InChI=1S/C19H39N/c1-3-5-6-7-8-9-10-11-12-13-16-20-17-14-19(4-2)15-18-20/h19H,3-18H2,1-2H3. The minimum atomic E-state index is 1.03. The zero-order valence-electron chi connectivity index (χ0n) is 14.3. The summed E-state index contributed by atoms with van der Waals surface area (Å²) in [6, 6.07) is 0. The van der Waals surface area contributed by atoms with Crippen LogP contribution in [-0.4, -0.2) is 24.5 Å². The Hall–Kier alpha value is -0.0400. The number of likely N-dealkylation sites (tertiary alicyclic amines) is 1. The monoisotopic (exact) mass is 281 g/mol. The Bertz CT molecular complexity index is 194. The molecule has 120 valence electrons. The molecule has 0 atom stereocenters. The maximum absolute atomic E-state index is 2.71. The first kappa shape index (κ1) is 18.0. The summed E-state index contributed by atoms with van der Waals surface area (Å²) >= 11 is 0. The van der Waals surface area contributed by atoms with Crippen molar-refractivity contribution in [2.45, 2.75) is 97.3 Å². The quantitative estimate of drug-likeness (QED) is 0.395. The van der Waals surface area contributed by atoms with E-state index >= 15 is 0 Å². The Kier molecular flexibility index (Phi) is 11.4. The Balaban J connectivity index is 1.79. The summed E-state index contributed by atoms with van der Waals surface area (Å²) in [6.07, 6.45) is 18.8. The van der Waals surface area contributed by atoms with E-state index in [-0.39, 0.29) is 0 Å². The van der Waals surface area contributed by atoms with E-state index in [1.807, 2.05) is 0 Å². The van der Waals surface area contributed by atoms with Crippen LogP contribution in [0.5, 0.6) is 0 Å². The van der Waals surface area contributed by atoms with Gasteiger partial charge < -0.3 is 4.90 Å². The first-order valence-corrected chi connectivity index (χ1v) is 9.59. The van der Waals surface area contributed by atoms with Crippen LogP contribution >= 0.6 is 0 Å². The van der Waals surface area contributed by atoms with Gasteiger partial charge in [-0.15, -0.1) is 0 Å². The Morgan fingerprint density at radius 2 is 1.20 bits per heavy atom. The molecule has 1 heteroatoms. The van der Waals surface area contributed by atoms with Gasteiger partial charge in [-0.3, -0.25) is 0 Å². The van der Waals surface area contributed by atoms with Crippen molar-refractivity contribution in [3.63, 3.8) is 0 Å². The third kappa shape index (κ3) is 9.00. The number of rotatable bonds is 12. The van der Waals surface area contributed by atoms with Gasteiger partial charge in [-0.1, -0.05) is 78.1 Å². The topological polar surface area (TPSA) is 3.24 Å². The zero-order chi connectivity index (χ0) is 14.5. The third-order valence-corrected chi connectivity index (χ3v) is 5.11. The van der Waals surface area contributed by atoms with Crippen LogP contribution in [0.2, 0.25) is 0 Å². The molecule has 0 aromatic rings. The summed E-state index contributed by atoms with van der Waals surface area (Å²) in [5.74, 6) is 1.03. The van der Waals surface area contributed by atoms with Crippen LogP contribution in [0.4, 0.5) is 0 Å². The average molecular weight is 282 g/mol. The van der Waals surface area contributed by atoms with Crippen molar-refractivity contribution in [2.75, 3.05) is 19.6 Å². The molecule has 0 aromatic carbocycles. The average Bonchev–Trinajstić information content (AvgIpc) is 2.50. The van der Waals surface area contributed by atoms with Gasteiger partial charge in [0.25, 0.3) is 0 Å². The van der Waals surface area contributed by atoms with Crippen molar-refractivity contribution >= 4 is 0 Å². The van der Waals surface area contributed by atoms with Crippen LogP contribution in [0.15, 0.2) is 0 Å². The minimum absolute atomic E-state index is 1.03. The lowest BCUT2D eigenvalue weighted by molar-refractivity contribution is 0.179. The molecule has 1 rings (SSSR count). The van der Waals surface area contributed by atoms with Gasteiger partial charge in [0.15, 0.2) is 0 Å². The molecule has 0 spiro atoms. The fourth-order valence-electron chi connectivity index (χ4n) is 3.44. The van der Waals surface area contributed by atoms with Crippen molar-refractivity contribution in [3.8, 4) is 0 Å². The molecular weight excluding hydrogens is 242 g/mol. The van der Waals surface area contributed by atoms with E-state index < -0.39 is 0 Å². The number of nitrogens with zero attached hydrogens (tertiary/aromatic N) is 1. The number of hydrogen-bond acceptors (Lipinski definition) is 1. The molecule has 0 bridgehead atoms. The summed E-state index contributed by atoms with van der Waals surface area (Å²) < 4.78 is 0. The highest BCUT2D eigenvalue weighted by Gasteiger charge is 2.16. The van der Waals surface area contributed by atoms with E-state index in [1.165, 1.54) is 103 Å². The molecule has 1 aliphatic rings. The molecule has 0 N–H and O–H groups in total. The van der Waals surface area contributed by atoms with Crippen molar-refractivity contribution < 1.29 is 0 Å². The second-order valence-corrected chi connectivity index (χ2v) is 6.88. The van der Waals surface area contributed by atoms with E-state index in [4.69, 9.17) is 0 Å². The SMILES string of the molecule is CCCCCCCCCCCCN1CCC(CC)CC1. The summed E-state index contributed by atoms with van der Waals surface area (Å²) in [7, 11) is 0. The van der Waals surface area contributed by atoms with Crippen molar-refractivity contribution in [1.29, 1.82) is 0 Å². The van der Waals surface area contributed by atoms with Gasteiger partial charge in [0.1, 0.15) is 0 Å². The fourth-order valence-corrected chi connectivity index (χ4v) is 3.44. The van der Waals surface area contributed by atoms with Crippen LogP contribution in [0.1, 0.15) is 97.3 Å². The predicted octanol–water partition coefficient (Wildman–Crippen LogP) is 6.03. The fraction of sp³-hybridized carbons (Fsp3) is 1.00. The lowest BCUT2D eigenvalue weighted by Crippen LogP contribution is -2.34. The summed E-state index contributed by atoms with van der Waals surface area (Å²) in [5, 5.41) is 0. The van der Waals surface area contributed by atoms with Gasteiger partial charge in [0, 0.05) is 0 Å². The van der Waals surface area contributed by atoms with Gasteiger partial charge in [-0.05, 0) is 44.8 Å². The maximum atomic E-state index is 2.71. The molecule has 1 fully saturated rings. The first-order chi connectivity index (χ1) is 9.86. The molecule has 0 radical (unpaired) electrons. The molecule has 0 saturated carbocycles. The molecule has 0 amide bonds. The summed E-state index contributed by atoms with van der Waals surface area (Å²) in [6.45, 7) is 8.76. The summed E-state index contributed by atoms with van der Waals surface area (Å²) in [4.78, 5) is 2.71. The van der Waals surface area contributed by atoms with Gasteiger partial charge in [0.05, 0.1) is 0 Å². The lowest BCUT2D eigenvalue weighted by atomic mass is 9.94. The maximum Gasteiger partial charge on any atom is -0.00161 e. The van der Waals surface area contributed by atoms with E-state index in [0.29, 0.717) is 0 Å². The second kappa shape index (κ2) is 12.7. The molecule has 0 aliphatic carbocycles. The van der Waals surface area contributed by atoms with E-state index in [9.17, 15) is 0 Å². The van der Waals surface area contributed by atoms with E-state index in [0.717, 1.165) is 5.92 Å². The number of unbranched alkanes of at least 4 members (excludes halogenated alkanes) is 9. The Morgan fingerprint density at radius 1 is 0.700 bits per heavy atom. The second-order valence-electron chi connectivity index (χ2n) is 6.88. The number of piperidine rings is 1. The van der Waals surface area contributed by atoms with Crippen molar-refractivity contribution in [3.05, 3.63) is 0 Å². The molecule has 0 unspecified atom stereocenters. The molecule has 1 saturated heterocycles. The molecule has 0 aromatic heterocycles. The largest absolute Gasteiger partial charge is 0.303 e. The smallest absolute Gasteiger partial charge is 0.00161 e. The predicted molar refractivity (Wildman–Crippen MR) is 91.3 cm³/mol. The van der Waals surface area contributed by atoms with Gasteiger partial charge >= 0.3 is 0 Å². The third-order valence-electron chi connectivity index (χ3n) is 5.11. The van der Waals surface area contributed by atoms with Gasteiger partial charge in [0.2, 0.25) is 0 Å². The number of hydrogen-bond donors (Lipinski definition) is 0. The molecular formula is C19H39N. The zero-order valence-corrected chi connectivity index (χ0v) is 14.3. The van der Waals surface area contributed by atoms with Crippen molar-refractivity contribution in [1.82, 2.24) is 4.90 Å². The molecule has 1 heterocycles. The normalized spacial score (nSPS) is 17.7. The van der Waals surface area contributed by atoms with Gasteiger partial charge in [-0.25, -0.2) is 0 Å². The molecule has 1 aliphatic heterocycles. The van der Waals surface area contributed by atoms with Crippen LogP contribution in [0.3, 0.4) is 0 Å². The summed E-state index contributed by atoms with van der Waals surface area (Å²) in [5.41, 5.74) is 0. The highest BCUT2D eigenvalue weighted by atomic mass is 15.1. The van der Waals surface area contributed by atoms with Crippen LogP contribution < -0.4 is 0 Å². The van der Waals surface area contributed by atoms with Crippen LogP contribution in [0.25, 0.3) is 0 Å². The Labute approximate surface area is 128 Å². The molecule has 20 heavy (non-hydrogen) atoms. The van der Waals surface area contributed by atoms with Crippen molar-refractivity contribution in [2.24, 2.45) is 5.92 Å². The van der Waals surface area contributed by atoms with Crippen LogP contribution in [0, 0.1) is 5.92 Å². The highest BCUT2D eigenvalue weighted by molar-refractivity contribution is 4.71. The van der Waals surface area contributed by atoms with E-state index in [2.05, 4.69) is 18.7 Å². The first-order valence-electron chi connectivity index (χ1n) is 9.59. The minimum Gasteiger partial charge on any atom is -0.303 e.